The molecular weight excluding hydrogens is 236 g/mol. The van der Waals surface area contributed by atoms with Crippen LogP contribution in [0.2, 0.25) is 26.2 Å². The van der Waals surface area contributed by atoms with E-state index in [4.69, 9.17) is 8.85 Å². The van der Waals surface area contributed by atoms with Crippen LogP contribution in [0.15, 0.2) is 0 Å². The normalized spacial score (nSPS) is 29.8. The highest BCUT2D eigenvalue weighted by Gasteiger charge is 2.53. The highest BCUT2D eigenvalue weighted by Crippen LogP contribution is 2.20. The molecule has 0 saturated carbocycles. The largest absolute Gasteiger partial charge is 0.491 e. The number of rotatable bonds is 0. The van der Waals surface area contributed by atoms with Gasteiger partial charge in [0.15, 0.2) is 12.3 Å². The fraction of sp³-hybridized carbons (Fsp3) is 0.800. The molecular formula is C10H20N2O2Si2+2. The molecule has 3 aliphatic heterocycles. The average Bonchev–Trinajstić information content (AvgIpc) is 2.51. The van der Waals surface area contributed by atoms with Gasteiger partial charge in [-0.15, -0.1) is 0 Å². The molecule has 4 nitrogen and oxygen atoms in total. The zero-order chi connectivity index (χ0) is 11.6. The van der Waals surface area contributed by atoms with Gasteiger partial charge in [0.25, 0.3) is 13.1 Å². The summed E-state index contributed by atoms with van der Waals surface area (Å²) in [4.78, 5) is 0. The molecule has 16 heavy (non-hydrogen) atoms. The van der Waals surface area contributed by atoms with Crippen LogP contribution in [0, 0.1) is 0 Å². The molecule has 0 aliphatic carbocycles. The van der Waals surface area contributed by atoms with Crippen LogP contribution in [0.1, 0.15) is 0 Å². The molecule has 88 valence electrons. The van der Waals surface area contributed by atoms with Crippen LogP contribution in [-0.2, 0) is 8.85 Å². The molecule has 0 atom stereocenters. The zero-order valence-corrected chi connectivity index (χ0v) is 12.5. The summed E-state index contributed by atoms with van der Waals surface area (Å²) in [6.45, 7) is 11.0. The fourth-order valence-electron chi connectivity index (χ4n) is 2.81. The summed E-state index contributed by atoms with van der Waals surface area (Å²) in [5.74, 6) is 2.38. The number of hydrogen-bond donors (Lipinski definition) is 0. The molecule has 0 unspecified atom stereocenters. The first-order chi connectivity index (χ1) is 7.35. The first kappa shape index (κ1) is 10.5. The van der Waals surface area contributed by atoms with Crippen molar-refractivity contribution >= 4 is 28.4 Å². The molecule has 0 amide bonds. The quantitative estimate of drug-likeness (QED) is 0.462. The molecule has 0 bridgehead atoms. The van der Waals surface area contributed by atoms with Crippen molar-refractivity contribution in [2.45, 2.75) is 26.2 Å². The van der Waals surface area contributed by atoms with Gasteiger partial charge in [0.05, 0.1) is 0 Å². The average molecular weight is 256 g/mol. The highest BCUT2D eigenvalue weighted by molar-refractivity contribution is 6.74. The van der Waals surface area contributed by atoms with E-state index in [2.05, 4.69) is 35.3 Å². The lowest BCUT2D eigenvalue weighted by Gasteiger charge is -2.09. The van der Waals surface area contributed by atoms with E-state index in [9.17, 15) is 0 Å². The molecule has 0 aromatic heterocycles. The maximum atomic E-state index is 6.12. The van der Waals surface area contributed by atoms with E-state index < -0.39 is 16.6 Å². The smallest absolute Gasteiger partial charge is 0.391 e. The first-order valence-corrected chi connectivity index (χ1v) is 12.2. The minimum atomic E-state index is -1.45. The van der Waals surface area contributed by atoms with Crippen LogP contribution in [0.25, 0.3) is 0 Å². The number of nitrogens with zero attached hydrogens (tertiary/aromatic N) is 2. The van der Waals surface area contributed by atoms with Gasteiger partial charge in [-0.05, 0) is 26.2 Å². The summed E-state index contributed by atoms with van der Waals surface area (Å²) in [6, 6.07) is 0. The third-order valence-electron chi connectivity index (χ3n) is 3.29. The second-order valence-corrected chi connectivity index (χ2v) is 14.3. The Morgan fingerprint density at radius 2 is 1.19 bits per heavy atom. The molecule has 3 heterocycles. The minimum absolute atomic E-state index is 0.933. The maximum absolute atomic E-state index is 6.12. The van der Waals surface area contributed by atoms with E-state index in [-0.39, 0.29) is 0 Å². The van der Waals surface area contributed by atoms with Crippen molar-refractivity contribution in [3.8, 4) is 0 Å². The van der Waals surface area contributed by atoms with Crippen molar-refractivity contribution in [2.24, 2.45) is 0 Å². The Balaban J connectivity index is 1.80. The second kappa shape index (κ2) is 2.98. The van der Waals surface area contributed by atoms with Crippen LogP contribution in [0.5, 0.6) is 0 Å². The summed E-state index contributed by atoms with van der Waals surface area (Å²) in [5.41, 5.74) is 0. The third kappa shape index (κ3) is 1.64. The van der Waals surface area contributed by atoms with E-state index in [1.165, 1.54) is 11.8 Å². The lowest BCUT2D eigenvalue weighted by atomic mass is 10.4. The van der Waals surface area contributed by atoms with Gasteiger partial charge in [0.2, 0.25) is 0 Å². The monoisotopic (exact) mass is 256 g/mol. The SMILES string of the molecule is C[Si]1(C)C[N+]2=C(C[N+]3=C(C2)O[Si](C)(C)C3)O1. The van der Waals surface area contributed by atoms with E-state index >= 15 is 0 Å². The Kier molecular flexibility index (Phi) is 1.96. The predicted molar refractivity (Wildman–Crippen MR) is 67.1 cm³/mol. The van der Waals surface area contributed by atoms with E-state index in [0.29, 0.717) is 0 Å². The van der Waals surface area contributed by atoms with Crippen molar-refractivity contribution in [1.82, 2.24) is 0 Å². The van der Waals surface area contributed by atoms with Crippen LogP contribution in [0.3, 0.4) is 0 Å². The Bertz CT molecular complexity index is 355. The van der Waals surface area contributed by atoms with Gasteiger partial charge in [0.1, 0.15) is 0 Å². The summed E-state index contributed by atoms with van der Waals surface area (Å²) < 4.78 is 17.0. The second-order valence-electron chi connectivity index (χ2n) is 6.22. The van der Waals surface area contributed by atoms with Gasteiger partial charge in [-0.2, -0.15) is 9.15 Å². The van der Waals surface area contributed by atoms with E-state index in [1.54, 1.807) is 0 Å². The summed E-state index contributed by atoms with van der Waals surface area (Å²) in [6.07, 6.45) is 2.23. The van der Waals surface area contributed by atoms with Crippen LogP contribution in [-0.4, -0.2) is 63.0 Å². The van der Waals surface area contributed by atoms with Crippen LogP contribution in [0.4, 0.5) is 0 Å². The zero-order valence-electron chi connectivity index (χ0n) is 10.5. The van der Waals surface area contributed by atoms with Crippen LogP contribution < -0.4 is 0 Å². The molecule has 0 aromatic rings. The van der Waals surface area contributed by atoms with Gasteiger partial charge >= 0.3 is 28.4 Å². The summed E-state index contributed by atoms with van der Waals surface area (Å²) in [5, 5.41) is 0. The molecule has 0 radical (unpaired) electrons. The van der Waals surface area contributed by atoms with Gasteiger partial charge in [-0.1, -0.05) is 0 Å². The van der Waals surface area contributed by atoms with Crippen molar-refractivity contribution < 1.29 is 18.0 Å². The van der Waals surface area contributed by atoms with Gasteiger partial charge < -0.3 is 8.85 Å². The topological polar surface area (TPSA) is 24.5 Å². The van der Waals surface area contributed by atoms with Crippen molar-refractivity contribution in [1.29, 1.82) is 0 Å². The summed E-state index contributed by atoms with van der Waals surface area (Å²) in [7, 11) is -2.89. The molecule has 0 aromatic carbocycles. The molecule has 0 fully saturated rings. The van der Waals surface area contributed by atoms with Crippen molar-refractivity contribution in [2.75, 3.05) is 25.4 Å². The third-order valence-corrected chi connectivity index (χ3v) is 7.15. The van der Waals surface area contributed by atoms with E-state index in [0.717, 1.165) is 25.4 Å². The lowest BCUT2D eigenvalue weighted by Crippen LogP contribution is -2.38. The minimum Gasteiger partial charge on any atom is -0.491 e. The Morgan fingerprint density at radius 1 is 0.812 bits per heavy atom. The van der Waals surface area contributed by atoms with Gasteiger partial charge in [0, 0.05) is 0 Å². The van der Waals surface area contributed by atoms with Crippen molar-refractivity contribution in [3.05, 3.63) is 0 Å². The van der Waals surface area contributed by atoms with Crippen molar-refractivity contribution in [3.63, 3.8) is 0 Å². The van der Waals surface area contributed by atoms with Gasteiger partial charge in [-0.3, -0.25) is 0 Å². The molecule has 3 rings (SSSR count). The first-order valence-electron chi connectivity index (χ1n) is 5.94. The molecule has 0 saturated heterocycles. The number of hydrogen-bond acceptors (Lipinski definition) is 2. The Hall–Kier alpha value is -0.626. The summed E-state index contributed by atoms with van der Waals surface area (Å²) >= 11 is 0. The molecule has 6 heteroatoms. The molecule has 0 N–H and O–H groups in total. The highest BCUT2D eigenvalue weighted by atomic mass is 28.4. The predicted octanol–water partition coefficient (Wildman–Crippen LogP) is 0.371. The molecule has 0 spiro atoms. The maximum Gasteiger partial charge on any atom is 0.391 e. The molecule has 3 aliphatic rings. The van der Waals surface area contributed by atoms with Crippen LogP contribution >= 0.6 is 0 Å². The fourth-order valence-corrected chi connectivity index (χ4v) is 7.01. The Morgan fingerprint density at radius 3 is 1.56 bits per heavy atom. The van der Waals surface area contributed by atoms with E-state index in [1.807, 2.05) is 0 Å². The van der Waals surface area contributed by atoms with Gasteiger partial charge in [-0.25, -0.2) is 0 Å². The Labute approximate surface area is 98.5 Å². The standard InChI is InChI=1S/C10H20N2O2Si2/c1-15(2)7-11-6-10-12(5-9(11)13-15)8-16(3,4)14-10/h5-8H2,1-4H3/q+2. The lowest BCUT2D eigenvalue weighted by molar-refractivity contribution is -0.566.